The molecule has 0 aromatic heterocycles. The smallest absolute Gasteiger partial charge is 0.271 e. The number of carbonyl (C=O) groups is 2. The zero-order valence-electron chi connectivity index (χ0n) is 23.1. The highest BCUT2D eigenvalue weighted by Gasteiger charge is 2.33. The number of sulfonamides is 1. The summed E-state index contributed by atoms with van der Waals surface area (Å²) in [7, 11) is -4.01. The van der Waals surface area contributed by atoms with Gasteiger partial charge in [0.1, 0.15) is 12.6 Å². The molecule has 212 valence electrons. The van der Waals surface area contributed by atoms with Crippen LogP contribution < -0.4 is 9.62 Å². The predicted molar refractivity (Wildman–Crippen MR) is 151 cm³/mol. The molecule has 0 radical (unpaired) electrons. The van der Waals surface area contributed by atoms with Crippen LogP contribution in [0, 0.1) is 24.0 Å². The molecule has 1 aliphatic carbocycles. The molecule has 0 unspecified atom stereocenters. The van der Waals surface area contributed by atoms with Crippen molar-refractivity contribution < 1.29 is 22.9 Å². The molecule has 3 rings (SSSR count). The summed E-state index contributed by atoms with van der Waals surface area (Å²) in [4.78, 5) is 39.6. The standard InChI is InChI=1S/C28H38N4O6S/c1-5-25(28(34)29-23-13-7-6-8-14-23)30(18-22-12-10-9-11-20(22)2)27(33)19-31(39(4,37)38)26-17-24(32(35)36)16-15-21(26)3/h9-12,15-17,23,25H,5-8,13-14,18-19H2,1-4H3,(H,29,34)/t25-/m1/s1. The molecule has 0 saturated heterocycles. The maximum atomic E-state index is 13.9. The van der Waals surface area contributed by atoms with Crippen LogP contribution in [0.2, 0.25) is 0 Å². The van der Waals surface area contributed by atoms with Crippen molar-refractivity contribution in [2.75, 3.05) is 17.1 Å². The quantitative estimate of drug-likeness (QED) is 0.324. The maximum absolute atomic E-state index is 13.9. The number of nitrogens with one attached hydrogen (secondary N) is 1. The molecular formula is C28H38N4O6S. The fourth-order valence-electron chi connectivity index (χ4n) is 5.01. The molecule has 2 aromatic rings. The summed E-state index contributed by atoms with van der Waals surface area (Å²) in [5.74, 6) is -0.830. The first kappa shape index (κ1) is 30.1. The molecule has 0 aliphatic heterocycles. The zero-order valence-corrected chi connectivity index (χ0v) is 23.9. The van der Waals surface area contributed by atoms with Gasteiger partial charge < -0.3 is 10.2 Å². The van der Waals surface area contributed by atoms with E-state index in [-0.39, 0.29) is 29.9 Å². The lowest BCUT2D eigenvalue weighted by Gasteiger charge is -2.34. The molecule has 2 aromatic carbocycles. The van der Waals surface area contributed by atoms with E-state index in [9.17, 15) is 28.1 Å². The van der Waals surface area contributed by atoms with Crippen LogP contribution in [0.4, 0.5) is 11.4 Å². The Morgan fingerprint density at radius 1 is 1.08 bits per heavy atom. The third-order valence-electron chi connectivity index (χ3n) is 7.29. The molecule has 1 atom stereocenters. The van der Waals surface area contributed by atoms with Gasteiger partial charge in [0, 0.05) is 24.7 Å². The zero-order chi connectivity index (χ0) is 28.7. The summed E-state index contributed by atoms with van der Waals surface area (Å²) in [6.45, 7) is 4.88. The van der Waals surface area contributed by atoms with Crippen LogP contribution in [0.25, 0.3) is 0 Å². The second kappa shape index (κ2) is 13.1. The van der Waals surface area contributed by atoms with Gasteiger partial charge in [-0.05, 0) is 49.8 Å². The Labute approximate surface area is 230 Å². The number of rotatable bonds is 11. The molecule has 11 heteroatoms. The Morgan fingerprint density at radius 3 is 2.33 bits per heavy atom. The average Bonchev–Trinajstić information content (AvgIpc) is 2.88. The summed E-state index contributed by atoms with van der Waals surface area (Å²) in [6, 6.07) is 10.7. The van der Waals surface area contributed by atoms with E-state index < -0.39 is 33.4 Å². The molecule has 1 aliphatic rings. The number of hydrogen-bond donors (Lipinski definition) is 1. The van der Waals surface area contributed by atoms with Gasteiger partial charge in [0.15, 0.2) is 0 Å². The molecular weight excluding hydrogens is 520 g/mol. The van der Waals surface area contributed by atoms with Gasteiger partial charge in [-0.1, -0.05) is 56.5 Å². The lowest BCUT2D eigenvalue weighted by molar-refractivity contribution is -0.384. The Balaban J connectivity index is 1.98. The van der Waals surface area contributed by atoms with E-state index in [2.05, 4.69) is 5.32 Å². The number of nitro benzene ring substituents is 1. The summed E-state index contributed by atoms with van der Waals surface area (Å²) < 4.78 is 26.6. The van der Waals surface area contributed by atoms with E-state index in [0.717, 1.165) is 59.9 Å². The van der Waals surface area contributed by atoms with Crippen LogP contribution >= 0.6 is 0 Å². The van der Waals surface area contributed by atoms with Gasteiger partial charge >= 0.3 is 0 Å². The van der Waals surface area contributed by atoms with Gasteiger partial charge in [-0.25, -0.2) is 8.42 Å². The Kier molecular flexibility index (Phi) is 10.1. The molecule has 0 spiro atoms. The monoisotopic (exact) mass is 558 g/mol. The van der Waals surface area contributed by atoms with Crippen molar-refractivity contribution in [1.29, 1.82) is 0 Å². The number of non-ortho nitro benzene ring substituents is 1. The van der Waals surface area contributed by atoms with Crippen molar-refractivity contribution in [2.45, 2.75) is 77.9 Å². The highest BCUT2D eigenvalue weighted by Crippen LogP contribution is 2.28. The van der Waals surface area contributed by atoms with Crippen molar-refractivity contribution in [1.82, 2.24) is 10.2 Å². The van der Waals surface area contributed by atoms with Crippen molar-refractivity contribution in [2.24, 2.45) is 0 Å². The van der Waals surface area contributed by atoms with E-state index in [1.54, 1.807) is 6.92 Å². The minimum absolute atomic E-state index is 0.0515. The first-order valence-corrected chi connectivity index (χ1v) is 15.1. The number of nitrogens with zero attached hydrogens (tertiary/aromatic N) is 3. The Hall–Kier alpha value is -3.47. The van der Waals surface area contributed by atoms with Crippen LogP contribution in [-0.2, 0) is 26.2 Å². The number of anilines is 1. The molecule has 10 nitrogen and oxygen atoms in total. The van der Waals surface area contributed by atoms with Crippen molar-refractivity contribution >= 4 is 33.2 Å². The second-order valence-corrected chi connectivity index (χ2v) is 12.1. The van der Waals surface area contributed by atoms with E-state index in [1.165, 1.54) is 17.0 Å². The highest BCUT2D eigenvalue weighted by molar-refractivity contribution is 7.92. The van der Waals surface area contributed by atoms with Crippen LogP contribution in [0.15, 0.2) is 42.5 Å². The highest BCUT2D eigenvalue weighted by atomic mass is 32.2. The van der Waals surface area contributed by atoms with Crippen LogP contribution in [0.1, 0.15) is 62.1 Å². The van der Waals surface area contributed by atoms with E-state index in [4.69, 9.17) is 0 Å². The number of nitro groups is 1. The molecule has 2 amide bonds. The van der Waals surface area contributed by atoms with Gasteiger partial charge in [-0.15, -0.1) is 0 Å². The summed E-state index contributed by atoms with van der Waals surface area (Å²) >= 11 is 0. The Morgan fingerprint density at radius 2 is 1.74 bits per heavy atom. The minimum Gasteiger partial charge on any atom is -0.352 e. The van der Waals surface area contributed by atoms with E-state index in [1.807, 2.05) is 38.1 Å². The van der Waals surface area contributed by atoms with Crippen molar-refractivity contribution in [3.8, 4) is 0 Å². The SMILES string of the molecule is CC[C@H](C(=O)NC1CCCCC1)N(Cc1ccccc1C)C(=O)CN(c1cc([N+](=O)[O-])ccc1C)S(C)(=O)=O. The van der Waals surface area contributed by atoms with Gasteiger partial charge in [0.2, 0.25) is 21.8 Å². The minimum atomic E-state index is -4.01. The molecule has 0 heterocycles. The number of amides is 2. The normalized spacial score (nSPS) is 14.9. The number of carbonyl (C=O) groups excluding carboxylic acids is 2. The second-order valence-electron chi connectivity index (χ2n) is 10.2. The molecule has 1 fully saturated rings. The summed E-state index contributed by atoms with van der Waals surface area (Å²) in [6.07, 6.45) is 6.30. The fraction of sp³-hybridized carbons (Fsp3) is 0.500. The van der Waals surface area contributed by atoms with Crippen LogP contribution in [0.3, 0.4) is 0 Å². The topological polar surface area (TPSA) is 130 Å². The lowest BCUT2D eigenvalue weighted by Crippen LogP contribution is -2.54. The first-order chi connectivity index (χ1) is 18.4. The first-order valence-electron chi connectivity index (χ1n) is 13.3. The van der Waals surface area contributed by atoms with Gasteiger partial charge in [0.05, 0.1) is 16.9 Å². The fourth-order valence-corrected chi connectivity index (χ4v) is 5.91. The molecule has 1 saturated carbocycles. The summed E-state index contributed by atoms with van der Waals surface area (Å²) in [5.41, 5.74) is 2.01. The summed E-state index contributed by atoms with van der Waals surface area (Å²) in [5, 5.41) is 14.5. The molecule has 1 N–H and O–H groups in total. The van der Waals surface area contributed by atoms with Crippen LogP contribution in [-0.4, -0.2) is 54.9 Å². The molecule has 39 heavy (non-hydrogen) atoms. The van der Waals surface area contributed by atoms with Crippen LogP contribution in [0.5, 0.6) is 0 Å². The van der Waals surface area contributed by atoms with Gasteiger partial charge in [0.25, 0.3) is 5.69 Å². The van der Waals surface area contributed by atoms with Gasteiger partial charge in [-0.2, -0.15) is 0 Å². The lowest BCUT2D eigenvalue weighted by atomic mass is 9.95. The number of hydrogen-bond acceptors (Lipinski definition) is 6. The van der Waals surface area contributed by atoms with E-state index >= 15 is 0 Å². The third-order valence-corrected chi connectivity index (χ3v) is 8.42. The maximum Gasteiger partial charge on any atom is 0.271 e. The molecule has 0 bridgehead atoms. The number of benzene rings is 2. The largest absolute Gasteiger partial charge is 0.352 e. The van der Waals surface area contributed by atoms with Crippen molar-refractivity contribution in [3.05, 3.63) is 69.3 Å². The van der Waals surface area contributed by atoms with Gasteiger partial charge in [-0.3, -0.25) is 24.0 Å². The van der Waals surface area contributed by atoms with E-state index in [0.29, 0.717) is 12.0 Å². The third kappa shape index (κ3) is 7.78. The average molecular weight is 559 g/mol. The predicted octanol–water partition coefficient (Wildman–Crippen LogP) is 4.23. The Bertz CT molecular complexity index is 1310. The number of aryl methyl sites for hydroxylation is 2. The van der Waals surface area contributed by atoms with Crippen molar-refractivity contribution in [3.63, 3.8) is 0 Å².